The van der Waals surface area contributed by atoms with Crippen molar-refractivity contribution in [2.24, 2.45) is 0 Å². The van der Waals surface area contributed by atoms with Gasteiger partial charge in [0.25, 0.3) is 0 Å². The quantitative estimate of drug-likeness (QED) is 0.422. The zero-order valence-corrected chi connectivity index (χ0v) is 6.29. The van der Waals surface area contributed by atoms with Crippen LogP contribution in [-0.2, 0) is 6.42 Å². The average molecular weight is 137 g/mol. The molecule has 0 spiro atoms. The van der Waals surface area contributed by atoms with Gasteiger partial charge in [-0.1, -0.05) is 6.92 Å². The third-order valence-electron chi connectivity index (χ3n) is 1.64. The van der Waals surface area contributed by atoms with Crippen LogP contribution in [0, 0.1) is 12.1 Å². The second kappa shape index (κ2) is 2.69. The van der Waals surface area contributed by atoms with E-state index in [9.17, 15) is 5.21 Å². The fourth-order valence-electron chi connectivity index (χ4n) is 0.961. The minimum Gasteiger partial charge on any atom is -0.619 e. The third-order valence-corrected chi connectivity index (χ3v) is 1.64. The number of aryl methyl sites for hydroxylation is 2. The lowest BCUT2D eigenvalue weighted by Crippen LogP contribution is -2.25. The minimum absolute atomic E-state index is 0.839. The van der Waals surface area contributed by atoms with Crippen LogP contribution in [0.15, 0.2) is 18.5 Å². The van der Waals surface area contributed by atoms with Crippen molar-refractivity contribution in [1.82, 2.24) is 0 Å². The van der Waals surface area contributed by atoms with E-state index in [4.69, 9.17) is 0 Å². The van der Waals surface area contributed by atoms with Gasteiger partial charge in [0.1, 0.15) is 0 Å². The molecule has 54 valence electrons. The first kappa shape index (κ1) is 7.06. The summed E-state index contributed by atoms with van der Waals surface area (Å²) >= 11 is 0. The fraction of sp³-hybridized carbons (Fsp3) is 0.375. The molecule has 0 radical (unpaired) electrons. The lowest BCUT2D eigenvalue weighted by molar-refractivity contribution is -0.605. The molecule has 2 nitrogen and oxygen atoms in total. The number of pyridine rings is 1. The normalized spacial score (nSPS) is 9.80. The predicted octanol–water partition coefficient (Wildman–Crippen LogP) is 1.19. The molecule has 0 saturated heterocycles. The molecule has 0 N–H and O–H groups in total. The van der Waals surface area contributed by atoms with Gasteiger partial charge in [-0.05, 0) is 18.9 Å². The molecule has 1 rings (SSSR count). The Bertz CT molecular complexity index is 233. The SMILES string of the molecule is CCc1c[n+]([O-])ccc1C. The van der Waals surface area contributed by atoms with Crippen molar-refractivity contribution in [1.29, 1.82) is 0 Å². The molecule has 10 heavy (non-hydrogen) atoms. The first-order valence-corrected chi connectivity index (χ1v) is 3.42. The first-order valence-electron chi connectivity index (χ1n) is 3.42. The lowest BCUT2D eigenvalue weighted by atomic mass is 10.1. The summed E-state index contributed by atoms with van der Waals surface area (Å²) in [5.41, 5.74) is 2.31. The van der Waals surface area contributed by atoms with E-state index in [2.05, 4.69) is 0 Å². The molecule has 0 aromatic carbocycles. The van der Waals surface area contributed by atoms with Gasteiger partial charge < -0.3 is 5.21 Å². The van der Waals surface area contributed by atoms with E-state index in [0.717, 1.165) is 16.7 Å². The number of aromatic nitrogens is 1. The molecular weight excluding hydrogens is 126 g/mol. The molecule has 0 aliphatic heterocycles. The Labute approximate surface area is 60.7 Å². The summed E-state index contributed by atoms with van der Waals surface area (Å²) in [5.74, 6) is 0. The zero-order valence-electron chi connectivity index (χ0n) is 6.29. The van der Waals surface area contributed by atoms with Crippen molar-refractivity contribution in [3.05, 3.63) is 34.8 Å². The van der Waals surface area contributed by atoms with Crippen molar-refractivity contribution in [2.45, 2.75) is 20.3 Å². The molecule has 2 heteroatoms. The van der Waals surface area contributed by atoms with Crippen molar-refractivity contribution in [3.8, 4) is 0 Å². The number of hydrogen-bond donors (Lipinski definition) is 0. The number of rotatable bonds is 1. The average Bonchev–Trinajstić information content (AvgIpc) is 1.94. The Morgan fingerprint density at radius 3 is 2.80 bits per heavy atom. The van der Waals surface area contributed by atoms with Crippen LogP contribution in [0.25, 0.3) is 0 Å². The molecule has 1 heterocycles. The van der Waals surface area contributed by atoms with Crippen LogP contribution in [0.1, 0.15) is 18.1 Å². The second-order valence-corrected chi connectivity index (χ2v) is 2.37. The molecule has 0 amide bonds. The van der Waals surface area contributed by atoms with Crippen molar-refractivity contribution in [3.63, 3.8) is 0 Å². The van der Waals surface area contributed by atoms with Gasteiger partial charge in [-0.3, -0.25) is 0 Å². The van der Waals surface area contributed by atoms with E-state index in [0.29, 0.717) is 0 Å². The van der Waals surface area contributed by atoms with Crippen molar-refractivity contribution in [2.75, 3.05) is 0 Å². The summed E-state index contributed by atoms with van der Waals surface area (Å²) in [6, 6.07) is 1.84. The van der Waals surface area contributed by atoms with Gasteiger partial charge >= 0.3 is 0 Å². The summed E-state index contributed by atoms with van der Waals surface area (Å²) in [6.45, 7) is 4.06. The molecular formula is C8H11NO. The maximum Gasteiger partial charge on any atom is 0.183 e. The van der Waals surface area contributed by atoms with Crippen LogP contribution in [0.2, 0.25) is 0 Å². The molecule has 0 atom stereocenters. The van der Waals surface area contributed by atoms with Gasteiger partial charge in [0.15, 0.2) is 12.4 Å². The molecule has 1 aromatic heterocycles. The number of hydrogen-bond acceptors (Lipinski definition) is 1. The summed E-state index contributed by atoms with van der Waals surface area (Å²) in [4.78, 5) is 0. The molecule has 1 aromatic rings. The van der Waals surface area contributed by atoms with Crippen LogP contribution in [0.5, 0.6) is 0 Å². The highest BCUT2D eigenvalue weighted by Gasteiger charge is 1.98. The second-order valence-electron chi connectivity index (χ2n) is 2.37. The smallest absolute Gasteiger partial charge is 0.183 e. The Morgan fingerprint density at radius 2 is 2.30 bits per heavy atom. The van der Waals surface area contributed by atoms with Gasteiger partial charge in [0, 0.05) is 11.6 Å². The Morgan fingerprint density at radius 1 is 1.60 bits per heavy atom. The van der Waals surface area contributed by atoms with Crippen LogP contribution >= 0.6 is 0 Å². The molecule has 0 aliphatic rings. The van der Waals surface area contributed by atoms with Gasteiger partial charge in [0.05, 0.1) is 0 Å². The Kier molecular flexibility index (Phi) is 1.90. The fourth-order valence-corrected chi connectivity index (χ4v) is 0.961. The third kappa shape index (κ3) is 1.26. The molecule has 0 bridgehead atoms. The molecule has 0 aliphatic carbocycles. The van der Waals surface area contributed by atoms with Crippen LogP contribution in [0.3, 0.4) is 0 Å². The molecule has 0 fully saturated rings. The monoisotopic (exact) mass is 137 g/mol. The Balaban J connectivity index is 3.09. The maximum absolute atomic E-state index is 10.7. The van der Waals surface area contributed by atoms with E-state index in [1.807, 2.05) is 19.9 Å². The van der Waals surface area contributed by atoms with Crippen molar-refractivity contribution < 1.29 is 4.73 Å². The van der Waals surface area contributed by atoms with Gasteiger partial charge in [0.2, 0.25) is 0 Å². The standard InChI is InChI=1S/C8H11NO/c1-3-8-6-9(10)5-4-7(8)2/h4-6H,3H2,1-2H3. The van der Waals surface area contributed by atoms with Crippen LogP contribution in [0.4, 0.5) is 0 Å². The first-order chi connectivity index (χ1) is 4.74. The van der Waals surface area contributed by atoms with Crippen LogP contribution in [-0.4, -0.2) is 0 Å². The Hall–Kier alpha value is -1.05. The largest absolute Gasteiger partial charge is 0.619 e. The summed E-state index contributed by atoms with van der Waals surface area (Å²) in [5, 5.41) is 10.7. The molecule has 0 unspecified atom stereocenters. The van der Waals surface area contributed by atoms with E-state index in [1.165, 1.54) is 11.8 Å². The zero-order chi connectivity index (χ0) is 7.56. The van der Waals surface area contributed by atoms with E-state index < -0.39 is 0 Å². The van der Waals surface area contributed by atoms with E-state index in [1.54, 1.807) is 6.20 Å². The topological polar surface area (TPSA) is 26.9 Å². The highest BCUT2D eigenvalue weighted by Crippen LogP contribution is 2.03. The van der Waals surface area contributed by atoms with E-state index >= 15 is 0 Å². The number of nitrogens with zero attached hydrogens (tertiary/aromatic N) is 1. The summed E-state index contributed by atoms with van der Waals surface area (Å²) in [6.07, 6.45) is 4.07. The maximum atomic E-state index is 10.7. The van der Waals surface area contributed by atoms with Gasteiger partial charge in [-0.2, -0.15) is 4.73 Å². The van der Waals surface area contributed by atoms with Crippen LogP contribution < -0.4 is 4.73 Å². The highest BCUT2D eigenvalue weighted by atomic mass is 16.5. The van der Waals surface area contributed by atoms with Crippen molar-refractivity contribution >= 4 is 0 Å². The summed E-state index contributed by atoms with van der Waals surface area (Å²) in [7, 11) is 0. The van der Waals surface area contributed by atoms with E-state index in [-0.39, 0.29) is 0 Å². The predicted molar refractivity (Wildman–Crippen MR) is 39.5 cm³/mol. The van der Waals surface area contributed by atoms with Gasteiger partial charge in [-0.15, -0.1) is 0 Å². The summed E-state index contributed by atoms with van der Waals surface area (Å²) < 4.78 is 0.839. The minimum atomic E-state index is 0.839. The molecule has 0 saturated carbocycles. The van der Waals surface area contributed by atoms with Gasteiger partial charge in [-0.25, -0.2) is 0 Å². The lowest BCUT2D eigenvalue weighted by Gasteiger charge is -2.00. The highest BCUT2D eigenvalue weighted by molar-refractivity contribution is 5.18.